The van der Waals surface area contributed by atoms with Crippen LogP contribution in [0.25, 0.3) is 0 Å². The Balaban J connectivity index is 2.27. The topological polar surface area (TPSA) is 26.0 Å². The van der Waals surface area contributed by atoms with Gasteiger partial charge in [-0.3, -0.25) is 0 Å². The second-order valence-corrected chi connectivity index (χ2v) is 5.95. The average molecular weight is 251 g/mol. The van der Waals surface area contributed by atoms with Crippen molar-refractivity contribution in [2.45, 2.75) is 32.7 Å². The van der Waals surface area contributed by atoms with Crippen LogP contribution in [0, 0.1) is 0 Å². The minimum Gasteiger partial charge on any atom is -0.319 e. The molecule has 0 fully saturated rings. The first-order valence-electron chi connectivity index (χ1n) is 5.66. The van der Waals surface area contributed by atoms with Crippen molar-refractivity contribution in [2.75, 3.05) is 0 Å². The van der Waals surface area contributed by atoms with Crippen LogP contribution in [0.5, 0.6) is 0 Å². The number of nitrogens with two attached hydrogens (primary N) is 1. The molecule has 0 aromatic carbocycles. The molecule has 0 bridgehead atoms. The van der Waals surface area contributed by atoms with Gasteiger partial charge in [-0.1, -0.05) is 13.8 Å². The van der Waals surface area contributed by atoms with Crippen LogP contribution in [0.4, 0.5) is 0 Å². The monoisotopic (exact) mass is 251 g/mol. The Hall–Kier alpha value is -0.640. The van der Waals surface area contributed by atoms with Gasteiger partial charge in [-0.15, -0.1) is 22.7 Å². The SMILES string of the molecule is CCc1ccc(C(N)c2sccc2CC)s1. The minimum absolute atomic E-state index is 0.0697. The maximum absolute atomic E-state index is 6.33. The van der Waals surface area contributed by atoms with Crippen LogP contribution in [0.3, 0.4) is 0 Å². The maximum Gasteiger partial charge on any atom is 0.0742 e. The van der Waals surface area contributed by atoms with E-state index < -0.39 is 0 Å². The van der Waals surface area contributed by atoms with Crippen LogP contribution >= 0.6 is 22.7 Å². The first-order valence-corrected chi connectivity index (χ1v) is 7.36. The maximum atomic E-state index is 6.33. The Labute approximate surface area is 105 Å². The largest absolute Gasteiger partial charge is 0.319 e. The highest BCUT2D eigenvalue weighted by Crippen LogP contribution is 2.32. The van der Waals surface area contributed by atoms with Crippen molar-refractivity contribution in [3.8, 4) is 0 Å². The van der Waals surface area contributed by atoms with Crippen molar-refractivity contribution in [3.05, 3.63) is 43.8 Å². The zero-order chi connectivity index (χ0) is 11.5. The molecule has 0 amide bonds. The van der Waals surface area contributed by atoms with Gasteiger partial charge in [0.05, 0.1) is 6.04 Å². The summed E-state index contributed by atoms with van der Waals surface area (Å²) in [7, 11) is 0. The lowest BCUT2D eigenvalue weighted by molar-refractivity contribution is 0.895. The average Bonchev–Trinajstić information content (AvgIpc) is 2.96. The minimum atomic E-state index is 0.0697. The lowest BCUT2D eigenvalue weighted by Crippen LogP contribution is -2.10. The summed E-state index contributed by atoms with van der Waals surface area (Å²) in [6.45, 7) is 4.37. The molecule has 0 aliphatic rings. The fourth-order valence-electron chi connectivity index (χ4n) is 1.79. The van der Waals surface area contributed by atoms with E-state index in [1.807, 2.05) is 11.3 Å². The van der Waals surface area contributed by atoms with Crippen LogP contribution in [0.2, 0.25) is 0 Å². The van der Waals surface area contributed by atoms with E-state index in [0.29, 0.717) is 0 Å². The van der Waals surface area contributed by atoms with Crippen molar-refractivity contribution >= 4 is 22.7 Å². The van der Waals surface area contributed by atoms with Crippen LogP contribution in [-0.2, 0) is 12.8 Å². The molecule has 2 rings (SSSR count). The molecule has 0 saturated carbocycles. The smallest absolute Gasteiger partial charge is 0.0742 e. The second-order valence-electron chi connectivity index (χ2n) is 3.80. The molecule has 1 unspecified atom stereocenters. The van der Waals surface area contributed by atoms with Crippen molar-refractivity contribution in [3.63, 3.8) is 0 Å². The third kappa shape index (κ3) is 2.21. The first-order chi connectivity index (χ1) is 7.76. The highest BCUT2D eigenvalue weighted by molar-refractivity contribution is 7.13. The van der Waals surface area contributed by atoms with E-state index >= 15 is 0 Å². The summed E-state index contributed by atoms with van der Waals surface area (Å²) in [6, 6.07) is 6.63. The molecule has 1 atom stereocenters. The molecule has 16 heavy (non-hydrogen) atoms. The molecular weight excluding hydrogens is 234 g/mol. The molecule has 0 spiro atoms. The molecule has 0 aliphatic carbocycles. The summed E-state index contributed by atoms with van der Waals surface area (Å²) in [6.07, 6.45) is 2.17. The Morgan fingerprint density at radius 3 is 2.62 bits per heavy atom. The molecule has 0 radical (unpaired) electrons. The predicted octanol–water partition coefficient (Wildman–Crippen LogP) is 3.98. The number of hydrogen-bond acceptors (Lipinski definition) is 3. The molecule has 2 aromatic heterocycles. The summed E-state index contributed by atoms with van der Waals surface area (Å²) < 4.78 is 0. The van der Waals surface area contributed by atoms with Crippen molar-refractivity contribution in [1.29, 1.82) is 0 Å². The van der Waals surface area contributed by atoms with Gasteiger partial charge in [-0.25, -0.2) is 0 Å². The van der Waals surface area contributed by atoms with Crippen molar-refractivity contribution in [2.24, 2.45) is 5.73 Å². The van der Waals surface area contributed by atoms with Crippen LogP contribution in [0.15, 0.2) is 23.6 Å². The van der Waals surface area contributed by atoms with Crippen molar-refractivity contribution < 1.29 is 0 Å². The standard InChI is InChI=1S/C13H17NS2/c1-3-9-7-8-15-13(9)12(14)11-6-5-10(4-2)16-11/h5-8,12H,3-4,14H2,1-2H3. The summed E-state index contributed by atoms with van der Waals surface area (Å²) in [5.74, 6) is 0. The number of thiophene rings is 2. The van der Waals surface area contributed by atoms with Crippen LogP contribution < -0.4 is 5.73 Å². The van der Waals surface area contributed by atoms with Gasteiger partial charge in [-0.05, 0) is 42.0 Å². The van der Waals surface area contributed by atoms with Gasteiger partial charge < -0.3 is 5.73 Å². The van der Waals surface area contributed by atoms with Gasteiger partial charge in [0.15, 0.2) is 0 Å². The number of rotatable bonds is 4. The van der Waals surface area contributed by atoms with Gasteiger partial charge in [0.25, 0.3) is 0 Å². The molecule has 0 saturated heterocycles. The van der Waals surface area contributed by atoms with Crippen LogP contribution in [0.1, 0.15) is 40.1 Å². The summed E-state index contributed by atoms with van der Waals surface area (Å²) in [4.78, 5) is 4.03. The molecule has 0 aliphatic heterocycles. The van der Waals surface area contributed by atoms with Gasteiger partial charge in [-0.2, -0.15) is 0 Å². The van der Waals surface area contributed by atoms with E-state index in [1.54, 1.807) is 11.3 Å². The Kier molecular flexibility index (Phi) is 3.79. The molecule has 86 valence electrons. The van der Waals surface area contributed by atoms with Crippen LogP contribution in [-0.4, -0.2) is 0 Å². The molecule has 2 aromatic rings. The molecule has 1 nitrogen and oxygen atoms in total. The Morgan fingerprint density at radius 1 is 1.19 bits per heavy atom. The van der Waals surface area contributed by atoms with E-state index in [2.05, 4.69) is 37.4 Å². The third-order valence-electron chi connectivity index (χ3n) is 2.78. The van der Waals surface area contributed by atoms with Gasteiger partial charge in [0, 0.05) is 14.6 Å². The third-order valence-corrected chi connectivity index (χ3v) is 5.14. The molecule has 2 heterocycles. The molecular formula is C13H17NS2. The normalized spacial score (nSPS) is 12.9. The highest BCUT2D eigenvalue weighted by atomic mass is 32.1. The lowest BCUT2D eigenvalue weighted by Gasteiger charge is -2.09. The van der Waals surface area contributed by atoms with E-state index in [4.69, 9.17) is 5.73 Å². The van der Waals surface area contributed by atoms with E-state index in [-0.39, 0.29) is 6.04 Å². The quantitative estimate of drug-likeness (QED) is 0.874. The zero-order valence-electron chi connectivity index (χ0n) is 9.69. The summed E-state index contributed by atoms with van der Waals surface area (Å²) in [5.41, 5.74) is 7.72. The van der Waals surface area contributed by atoms with Crippen molar-refractivity contribution in [1.82, 2.24) is 0 Å². The molecule has 3 heteroatoms. The fourth-order valence-corrected chi connectivity index (χ4v) is 3.85. The predicted molar refractivity (Wildman–Crippen MR) is 73.4 cm³/mol. The summed E-state index contributed by atoms with van der Waals surface area (Å²) in [5, 5.41) is 2.14. The Bertz CT molecular complexity index is 456. The zero-order valence-corrected chi connectivity index (χ0v) is 11.3. The fraction of sp³-hybridized carbons (Fsp3) is 0.385. The number of aryl methyl sites for hydroxylation is 2. The van der Waals surface area contributed by atoms with Gasteiger partial charge >= 0.3 is 0 Å². The van der Waals surface area contributed by atoms with E-state index in [1.165, 1.54) is 20.2 Å². The van der Waals surface area contributed by atoms with Gasteiger partial charge in [0.2, 0.25) is 0 Å². The molecule has 2 N–H and O–H groups in total. The van der Waals surface area contributed by atoms with E-state index in [0.717, 1.165) is 12.8 Å². The number of hydrogen-bond donors (Lipinski definition) is 1. The Morgan fingerprint density at radius 2 is 2.00 bits per heavy atom. The summed E-state index contributed by atoms with van der Waals surface area (Å²) >= 11 is 3.62. The first kappa shape index (κ1) is 11.8. The lowest BCUT2D eigenvalue weighted by atomic mass is 10.1. The van der Waals surface area contributed by atoms with E-state index in [9.17, 15) is 0 Å². The highest BCUT2D eigenvalue weighted by Gasteiger charge is 2.15. The second kappa shape index (κ2) is 5.13. The van der Waals surface area contributed by atoms with Gasteiger partial charge in [0.1, 0.15) is 0 Å².